The number of carbonyl (C=O) groups is 2. The molecule has 80 valence electrons. The zero-order valence-electron chi connectivity index (χ0n) is 8.49. The van der Waals surface area contributed by atoms with Crippen LogP contribution in [0.15, 0.2) is 12.2 Å². The summed E-state index contributed by atoms with van der Waals surface area (Å²) in [7, 11) is 0. The van der Waals surface area contributed by atoms with E-state index in [4.69, 9.17) is 9.47 Å². The Bertz CT molecular complexity index is 386. The molecule has 0 unspecified atom stereocenters. The molecule has 0 aromatic heterocycles. The lowest BCUT2D eigenvalue weighted by molar-refractivity contribution is -0.159. The van der Waals surface area contributed by atoms with Crippen molar-refractivity contribution in [1.82, 2.24) is 0 Å². The SMILES string of the molecule is C[C@H]1OC(=O)[C@@]23C=CCC[C@@]12OC(=O)C3. The maximum atomic E-state index is 11.9. The lowest BCUT2D eigenvalue weighted by Crippen LogP contribution is -2.49. The highest BCUT2D eigenvalue weighted by Crippen LogP contribution is 2.57. The van der Waals surface area contributed by atoms with Crippen LogP contribution in [0.5, 0.6) is 0 Å². The Kier molecular flexibility index (Phi) is 1.45. The van der Waals surface area contributed by atoms with Crippen LogP contribution in [-0.4, -0.2) is 23.6 Å². The van der Waals surface area contributed by atoms with Gasteiger partial charge in [-0.2, -0.15) is 0 Å². The normalized spacial score (nSPS) is 47.1. The lowest BCUT2D eigenvalue weighted by atomic mass is 9.66. The molecule has 2 saturated heterocycles. The molecule has 0 radical (unpaired) electrons. The van der Waals surface area contributed by atoms with E-state index in [0.717, 1.165) is 6.42 Å². The van der Waals surface area contributed by atoms with Crippen molar-refractivity contribution in [1.29, 1.82) is 0 Å². The number of cyclic esters (lactones) is 1. The van der Waals surface area contributed by atoms with Crippen molar-refractivity contribution in [3.63, 3.8) is 0 Å². The summed E-state index contributed by atoms with van der Waals surface area (Å²) in [5.41, 5.74) is -1.56. The van der Waals surface area contributed by atoms with Crippen LogP contribution in [0.4, 0.5) is 0 Å². The van der Waals surface area contributed by atoms with Crippen LogP contribution in [0.3, 0.4) is 0 Å². The van der Waals surface area contributed by atoms with Crippen molar-refractivity contribution in [3.8, 4) is 0 Å². The second-order valence-corrected chi connectivity index (χ2v) is 4.50. The molecule has 0 N–H and O–H groups in total. The quantitative estimate of drug-likeness (QED) is 0.439. The largest absolute Gasteiger partial charge is 0.458 e. The molecule has 1 aliphatic carbocycles. The molecule has 2 aliphatic heterocycles. The average Bonchev–Trinajstić information content (AvgIpc) is 2.60. The van der Waals surface area contributed by atoms with Crippen molar-refractivity contribution in [2.24, 2.45) is 5.41 Å². The van der Waals surface area contributed by atoms with E-state index in [0.29, 0.717) is 6.42 Å². The van der Waals surface area contributed by atoms with E-state index in [2.05, 4.69) is 0 Å². The van der Waals surface area contributed by atoms with Crippen LogP contribution in [0.2, 0.25) is 0 Å². The summed E-state index contributed by atoms with van der Waals surface area (Å²) in [5.74, 6) is -0.596. The lowest BCUT2D eigenvalue weighted by Gasteiger charge is -2.36. The molecule has 0 saturated carbocycles. The van der Waals surface area contributed by atoms with Crippen molar-refractivity contribution in [3.05, 3.63) is 12.2 Å². The Hall–Kier alpha value is -1.32. The number of hydrogen-bond donors (Lipinski definition) is 0. The van der Waals surface area contributed by atoms with Crippen LogP contribution < -0.4 is 0 Å². The summed E-state index contributed by atoms with van der Waals surface area (Å²) in [4.78, 5) is 23.3. The van der Waals surface area contributed by atoms with Gasteiger partial charge in [0.1, 0.15) is 11.5 Å². The smallest absolute Gasteiger partial charge is 0.321 e. The maximum absolute atomic E-state index is 11.9. The van der Waals surface area contributed by atoms with Gasteiger partial charge in [-0.3, -0.25) is 9.59 Å². The summed E-state index contributed by atoms with van der Waals surface area (Å²) in [6.45, 7) is 1.80. The van der Waals surface area contributed by atoms with E-state index in [9.17, 15) is 9.59 Å². The Morgan fingerprint density at radius 2 is 2.27 bits per heavy atom. The van der Waals surface area contributed by atoms with E-state index in [1.165, 1.54) is 0 Å². The third-order valence-corrected chi connectivity index (χ3v) is 3.86. The van der Waals surface area contributed by atoms with Crippen molar-refractivity contribution in [2.75, 3.05) is 0 Å². The highest BCUT2D eigenvalue weighted by molar-refractivity contribution is 5.93. The van der Waals surface area contributed by atoms with Crippen LogP contribution in [0, 0.1) is 5.41 Å². The zero-order valence-corrected chi connectivity index (χ0v) is 8.49. The minimum absolute atomic E-state index is 0.132. The van der Waals surface area contributed by atoms with Gasteiger partial charge in [0.05, 0.1) is 6.42 Å². The first-order valence-corrected chi connectivity index (χ1v) is 5.21. The summed E-state index contributed by atoms with van der Waals surface area (Å²) in [6.07, 6.45) is 5.07. The third-order valence-electron chi connectivity index (χ3n) is 3.86. The predicted octanol–water partition coefficient (Wildman–Crippen LogP) is 0.954. The van der Waals surface area contributed by atoms with E-state index >= 15 is 0 Å². The van der Waals surface area contributed by atoms with Gasteiger partial charge in [0.15, 0.2) is 5.60 Å². The predicted molar refractivity (Wildman–Crippen MR) is 49.8 cm³/mol. The van der Waals surface area contributed by atoms with Gasteiger partial charge in [-0.25, -0.2) is 0 Å². The van der Waals surface area contributed by atoms with Gasteiger partial charge in [-0.1, -0.05) is 12.2 Å². The van der Waals surface area contributed by atoms with Crippen molar-refractivity contribution >= 4 is 11.9 Å². The maximum Gasteiger partial charge on any atom is 0.321 e. The first-order valence-electron chi connectivity index (χ1n) is 5.21. The number of rotatable bonds is 0. The molecule has 0 aromatic carbocycles. The second-order valence-electron chi connectivity index (χ2n) is 4.50. The van der Waals surface area contributed by atoms with E-state index in [-0.39, 0.29) is 24.5 Å². The number of carbonyl (C=O) groups excluding carboxylic acids is 2. The van der Waals surface area contributed by atoms with E-state index < -0.39 is 11.0 Å². The molecular weight excluding hydrogens is 196 g/mol. The van der Waals surface area contributed by atoms with Gasteiger partial charge in [0.25, 0.3) is 0 Å². The molecule has 2 fully saturated rings. The number of hydrogen-bond acceptors (Lipinski definition) is 4. The molecule has 4 nitrogen and oxygen atoms in total. The molecule has 2 heterocycles. The molecule has 0 spiro atoms. The highest BCUT2D eigenvalue weighted by Gasteiger charge is 2.72. The molecule has 15 heavy (non-hydrogen) atoms. The zero-order chi connectivity index (χ0) is 10.7. The molecule has 0 amide bonds. The fourth-order valence-electron chi connectivity index (χ4n) is 3.09. The molecule has 4 heteroatoms. The highest BCUT2D eigenvalue weighted by atomic mass is 16.6. The minimum Gasteiger partial charge on any atom is -0.458 e. The van der Waals surface area contributed by atoms with Gasteiger partial charge in [-0.15, -0.1) is 0 Å². The van der Waals surface area contributed by atoms with Gasteiger partial charge in [0.2, 0.25) is 0 Å². The van der Waals surface area contributed by atoms with Crippen LogP contribution in [0.1, 0.15) is 26.2 Å². The van der Waals surface area contributed by atoms with Crippen LogP contribution in [-0.2, 0) is 19.1 Å². The third kappa shape index (κ3) is 0.794. The Labute approximate surface area is 87.2 Å². The number of allylic oxidation sites excluding steroid dienone is 1. The van der Waals surface area contributed by atoms with Crippen molar-refractivity contribution < 1.29 is 19.1 Å². The van der Waals surface area contributed by atoms with Crippen molar-refractivity contribution in [2.45, 2.75) is 37.9 Å². The van der Waals surface area contributed by atoms with Crippen LogP contribution in [0.25, 0.3) is 0 Å². The fourth-order valence-corrected chi connectivity index (χ4v) is 3.09. The Balaban J connectivity index is 2.21. The monoisotopic (exact) mass is 208 g/mol. The fraction of sp³-hybridized carbons (Fsp3) is 0.636. The topological polar surface area (TPSA) is 52.6 Å². The summed E-state index contributed by atoms with van der Waals surface area (Å²) >= 11 is 0. The van der Waals surface area contributed by atoms with Gasteiger partial charge in [0, 0.05) is 0 Å². The molecule has 3 atom stereocenters. The summed E-state index contributed by atoms with van der Waals surface area (Å²) < 4.78 is 10.7. The second kappa shape index (κ2) is 2.43. The summed E-state index contributed by atoms with van der Waals surface area (Å²) in [5, 5.41) is 0. The van der Waals surface area contributed by atoms with Gasteiger partial charge in [-0.05, 0) is 19.8 Å². The standard InChI is InChI=1S/C11H12O4/c1-7-11-5-3-2-4-10(11,9(13)14-7)6-8(12)15-11/h2,4,7H,3,5-6H2,1H3/t7-,10+,11-/m1/s1. The number of esters is 2. The first kappa shape index (κ1) is 8.95. The average molecular weight is 208 g/mol. The molecule has 3 aliphatic rings. The molecular formula is C11H12O4. The van der Waals surface area contributed by atoms with Crippen LogP contribution >= 0.6 is 0 Å². The van der Waals surface area contributed by atoms with E-state index in [1.54, 1.807) is 6.92 Å². The first-order chi connectivity index (χ1) is 7.11. The minimum atomic E-state index is -0.832. The summed E-state index contributed by atoms with van der Waals surface area (Å²) in [6, 6.07) is 0. The number of ether oxygens (including phenoxy) is 2. The van der Waals surface area contributed by atoms with Gasteiger partial charge < -0.3 is 9.47 Å². The Morgan fingerprint density at radius 1 is 1.47 bits per heavy atom. The van der Waals surface area contributed by atoms with E-state index in [1.807, 2.05) is 12.2 Å². The Morgan fingerprint density at radius 3 is 3.00 bits per heavy atom. The van der Waals surface area contributed by atoms with Gasteiger partial charge >= 0.3 is 11.9 Å². The molecule has 0 bridgehead atoms. The molecule has 0 aromatic rings. The molecule has 3 rings (SSSR count).